The monoisotopic (exact) mass is 494 g/mol. The highest BCUT2D eigenvalue weighted by atomic mass is 16.5. The molecule has 0 bridgehead atoms. The van der Waals surface area contributed by atoms with Crippen LogP contribution in [0.15, 0.2) is 12.2 Å². The van der Waals surface area contributed by atoms with Crippen molar-refractivity contribution in [3.8, 4) is 0 Å². The van der Waals surface area contributed by atoms with Crippen LogP contribution in [0.5, 0.6) is 0 Å². The number of carbonyl (C=O) groups is 2. The van der Waals surface area contributed by atoms with Crippen molar-refractivity contribution < 1.29 is 19.4 Å². The summed E-state index contributed by atoms with van der Waals surface area (Å²) in [5.41, 5.74) is 0. The SMILES string of the molecule is CCCCCC/C=C\CCCCCCCC(=O)OC(CC)CCCCCCCCCCCC(=O)O. The molecule has 0 radical (unpaired) electrons. The summed E-state index contributed by atoms with van der Waals surface area (Å²) in [5, 5.41) is 8.63. The largest absolute Gasteiger partial charge is 0.481 e. The van der Waals surface area contributed by atoms with Crippen molar-refractivity contribution in [1.82, 2.24) is 0 Å². The van der Waals surface area contributed by atoms with Crippen LogP contribution >= 0.6 is 0 Å². The number of allylic oxidation sites excluding steroid dienone is 2. The zero-order valence-corrected chi connectivity index (χ0v) is 23.4. The Hall–Kier alpha value is -1.32. The molecule has 0 aliphatic carbocycles. The van der Waals surface area contributed by atoms with Crippen LogP contribution in [0.2, 0.25) is 0 Å². The van der Waals surface area contributed by atoms with Crippen molar-refractivity contribution in [3.63, 3.8) is 0 Å². The van der Waals surface area contributed by atoms with Gasteiger partial charge in [0.15, 0.2) is 0 Å². The second-order valence-corrected chi connectivity index (χ2v) is 10.3. The van der Waals surface area contributed by atoms with Crippen LogP contribution in [-0.4, -0.2) is 23.1 Å². The van der Waals surface area contributed by atoms with E-state index in [0.717, 1.165) is 51.4 Å². The molecule has 0 aliphatic heterocycles. The van der Waals surface area contributed by atoms with Gasteiger partial charge >= 0.3 is 11.9 Å². The number of rotatable bonds is 27. The average molecular weight is 495 g/mol. The maximum Gasteiger partial charge on any atom is 0.306 e. The van der Waals surface area contributed by atoms with E-state index in [0.29, 0.717) is 12.8 Å². The molecule has 0 saturated heterocycles. The fourth-order valence-corrected chi connectivity index (χ4v) is 4.46. The zero-order valence-electron chi connectivity index (χ0n) is 23.4. The van der Waals surface area contributed by atoms with Crippen molar-refractivity contribution in [2.24, 2.45) is 0 Å². The van der Waals surface area contributed by atoms with Gasteiger partial charge in [-0.05, 0) is 57.8 Å². The molecule has 0 saturated carbocycles. The summed E-state index contributed by atoms with van der Waals surface area (Å²) in [6.07, 6.45) is 31.5. The van der Waals surface area contributed by atoms with Gasteiger partial charge in [-0.3, -0.25) is 9.59 Å². The molecule has 0 aromatic rings. The van der Waals surface area contributed by atoms with E-state index in [1.807, 2.05) is 0 Å². The van der Waals surface area contributed by atoms with Gasteiger partial charge in [0.05, 0.1) is 0 Å². The second kappa shape index (κ2) is 27.3. The van der Waals surface area contributed by atoms with Gasteiger partial charge in [-0.1, -0.05) is 109 Å². The number of esters is 1. The van der Waals surface area contributed by atoms with Gasteiger partial charge in [0.1, 0.15) is 6.10 Å². The van der Waals surface area contributed by atoms with Crippen LogP contribution < -0.4 is 0 Å². The third-order valence-corrected chi connectivity index (χ3v) is 6.81. The summed E-state index contributed by atoms with van der Waals surface area (Å²) in [7, 11) is 0. The lowest BCUT2D eigenvalue weighted by atomic mass is 10.0. The Bertz CT molecular complexity index is 500. The Morgan fingerprint density at radius 2 is 1.09 bits per heavy atom. The first kappa shape index (κ1) is 33.7. The van der Waals surface area contributed by atoms with Crippen molar-refractivity contribution in [2.45, 2.75) is 174 Å². The molecule has 4 nitrogen and oxygen atoms in total. The summed E-state index contributed by atoms with van der Waals surface area (Å²) in [5.74, 6) is -0.690. The lowest BCUT2D eigenvalue weighted by Gasteiger charge is -2.16. The van der Waals surface area contributed by atoms with Crippen LogP contribution in [0.1, 0.15) is 168 Å². The smallest absolute Gasteiger partial charge is 0.306 e. The fraction of sp³-hybridized carbons (Fsp3) is 0.871. The quantitative estimate of drug-likeness (QED) is 0.0701. The maximum atomic E-state index is 12.2. The van der Waals surface area contributed by atoms with Gasteiger partial charge < -0.3 is 9.84 Å². The molecule has 0 rings (SSSR count). The first-order valence-electron chi connectivity index (χ1n) is 15.2. The van der Waals surface area contributed by atoms with Gasteiger partial charge in [-0.25, -0.2) is 0 Å². The molecule has 0 amide bonds. The van der Waals surface area contributed by atoms with E-state index in [1.165, 1.54) is 89.9 Å². The first-order valence-corrected chi connectivity index (χ1v) is 15.2. The number of hydrogen-bond donors (Lipinski definition) is 1. The van der Waals surface area contributed by atoms with Gasteiger partial charge in [-0.15, -0.1) is 0 Å². The van der Waals surface area contributed by atoms with E-state index in [9.17, 15) is 9.59 Å². The first-order chi connectivity index (χ1) is 17.1. The number of carboxylic acid groups (broad SMARTS) is 1. The Labute approximate surface area is 217 Å². The minimum absolute atomic E-state index is 0.00856. The van der Waals surface area contributed by atoms with E-state index < -0.39 is 5.97 Å². The molecule has 206 valence electrons. The van der Waals surface area contributed by atoms with Gasteiger partial charge in [0.25, 0.3) is 0 Å². The number of hydrogen-bond acceptors (Lipinski definition) is 3. The van der Waals surface area contributed by atoms with Crippen LogP contribution in [0, 0.1) is 0 Å². The molecule has 1 unspecified atom stereocenters. The Kier molecular flexibility index (Phi) is 26.2. The van der Waals surface area contributed by atoms with Gasteiger partial charge in [0.2, 0.25) is 0 Å². The Morgan fingerprint density at radius 1 is 0.629 bits per heavy atom. The summed E-state index contributed by atoms with van der Waals surface area (Å²) in [6, 6.07) is 0. The van der Waals surface area contributed by atoms with E-state index in [1.54, 1.807) is 0 Å². The van der Waals surface area contributed by atoms with Crippen molar-refractivity contribution in [2.75, 3.05) is 0 Å². The highest BCUT2D eigenvalue weighted by molar-refractivity contribution is 5.69. The predicted octanol–water partition coefficient (Wildman–Crippen LogP) is 9.94. The Morgan fingerprint density at radius 3 is 1.60 bits per heavy atom. The van der Waals surface area contributed by atoms with Crippen LogP contribution in [0.3, 0.4) is 0 Å². The highest BCUT2D eigenvalue weighted by Crippen LogP contribution is 2.16. The number of aliphatic carboxylic acids is 1. The van der Waals surface area contributed by atoms with Gasteiger partial charge in [-0.2, -0.15) is 0 Å². The molecule has 0 fully saturated rings. The van der Waals surface area contributed by atoms with Gasteiger partial charge in [0, 0.05) is 12.8 Å². The third kappa shape index (κ3) is 27.1. The summed E-state index contributed by atoms with van der Waals surface area (Å²) < 4.78 is 5.72. The molecule has 0 aliphatic rings. The number of ether oxygens (including phenoxy) is 1. The summed E-state index contributed by atoms with van der Waals surface area (Å²) >= 11 is 0. The lowest BCUT2D eigenvalue weighted by Crippen LogP contribution is -2.17. The normalized spacial score (nSPS) is 12.3. The fourth-order valence-electron chi connectivity index (χ4n) is 4.46. The Balaban J connectivity index is 3.48. The molecule has 1 N–H and O–H groups in total. The van der Waals surface area contributed by atoms with Crippen LogP contribution in [-0.2, 0) is 14.3 Å². The highest BCUT2D eigenvalue weighted by Gasteiger charge is 2.12. The predicted molar refractivity (Wildman–Crippen MR) is 149 cm³/mol. The van der Waals surface area contributed by atoms with E-state index in [2.05, 4.69) is 26.0 Å². The number of carboxylic acids is 1. The van der Waals surface area contributed by atoms with Crippen LogP contribution in [0.25, 0.3) is 0 Å². The van der Waals surface area contributed by atoms with E-state index >= 15 is 0 Å². The number of carbonyl (C=O) groups excluding carboxylic acids is 1. The average Bonchev–Trinajstić information content (AvgIpc) is 2.84. The van der Waals surface area contributed by atoms with Crippen LogP contribution in [0.4, 0.5) is 0 Å². The van der Waals surface area contributed by atoms with E-state index in [-0.39, 0.29) is 12.1 Å². The minimum Gasteiger partial charge on any atom is -0.481 e. The molecule has 4 heteroatoms. The topological polar surface area (TPSA) is 63.6 Å². The molecule has 0 spiro atoms. The molecule has 1 atom stereocenters. The molecule has 0 aromatic carbocycles. The van der Waals surface area contributed by atoms with Crippen molar-refractivity contribution in [1.29, 1.82) is 0 Å². The lowest BCUT2D eigenvalue weighted by molar-refractivity contribution is -0.149. The molecular formula is C31H58O4. The zero-order chi connectivity index (χ0) is 25.8. The van der Waals surface area contributed by atoms with Crippen molar-refractivity contribution >= 4 is 11.9 Å². The summed E-state index contributed by atoms with van der Waals surface area (Å²) in [6.45, 7) is 4.37. The standard InChI is InChI=1S/C31H58O4/c1-3-5-6-7-8-9-10-11-12-16-19-22-25-28-31(34)35-29(4-2)26-23-20-17-14-13-15-18-21-24-27-30(32)33/h9-10,29H,3-8,11-28H2,1-2H3,(H,32,33)/b10-9-. The minimum atomic E-state index is -0.682. The molecule has 0 heterocycles. The summed E-state index contributed by atoms with van der Waals surface area (Å²) in [4.78, 5) is 22.6. The molecule has 0 aromatic heterocycles. The second-order valence-electron chi connectivity index (χ2n) is 10.3. The molecule has 35 heavy (non-hydrogen) atoms. The maximum absolute atomic E-state index is 12.2. The molecular weight excluding hydrogens is 436 g/mol. The van der Waals surface area contributed by atoms with Crippen molar-refractivity contribution in [3.05, 3.63) is 12.2 Å². The van der Waals surface area contributed by atoms with E-state index in [4.69, 9.17) is 9.84 Å². The number of unbranched alkanes of at least 4 members (excludes halogenated alkanes) is 17. The third-order valence-electron chi connectivity index (χ3n) is 6.81.